The number of rotatable bonds is 3. The molecule has 2 rings (SSSR count). The van der Waals surface area contributed by atoms with E-state index in [0.717, 1.165) is 6.07 Å². The maximum atomic E-state index is 13.6. The highest BCUT2D eigenvalue weighted by Crippen LogP contribution is 2.22. The summed E-state index contributed by atoms with van der Waals surface area (Å²) in [6, 6.07) is 5.29. The van der Waals surface area contributed by atoms with E-state index in [1.165, 1.54) is 18.2 Å². The normalized spacial score (nSPS) is 10.3. The first kappa shape index (κ1) is 14.1. The lowest BCUT2D eigenvalue weighted by atomic mass is 10.2. The van der Waals surface area contributed by atoms with Gasteiger partial charge in [0.15, 0.2) is 0 Å². The molecular formula is C13H10ClFN2O3. The van der Waals surface area contributed by atoms with Crippen LogP contribution in [0.25, 0.3) is 0 Å². The van der Waals surface area contributed by atoms with Gasteiger partial charge in [-0.25, -0.2) is 9.18 Å². The zero-order valence-corrected chi connectivity index (χ0v) is 11.1. The van der Waals surface area contributed by atoms with Gasteiger partial charge in [-0.2, -0.15) is 0 Å². The number of hydrogen-bond donors (Lipinski definition) is 3. The second kappa shape index (κ2) is 5.34. The molecular weight excluding hydrogens is 287 g/mol. The van der Waals surface area contributed by atoms with Crippen LogP contribution < -0.4 is 5.32 Å². The van der Waals surface area contributed by atoms with Gasteiger partial charge in [0.05, 0.1) is 16.3 Å². The van der Waals surface area contributed by atoms with Crippen molar-refractivity contribution in [2.24, 2.45) is 0 Å². The number of hydrogen-bond acceptors (Lipinski definition) is 2. The molecule has 5 nitrogen and oxygen atoms in total. The summed E-state index contributed by atoms with van der Waals surface area (Å²) in [6.07, 6.45) is 0. The van der Waals surface area contributed by atoms with Crippen molar-refractivity contribution in [2.45, 2.75) is 6.92 Å². The van der Waals surface area contributed by atoms with Gasteiger partial charge >= 0.3 is 5.97 Å². The van der Waals surface area contributed by atoms with Gasteiger partial charge in [-0.3, -0.25) is 4.79 Å². The summed E-state index contributed by atoms with van der Waals surface area (Å²) in [7, 11) is 0. The number of carbonyl (C=O) groups excluding carboxylic acids is 1. The molecule has 0 bridgehead atoms. The second-order valence-corrected chi connectivity index (χ2v) is 4.50. The Bertz CT molecular complexity index is 677. The minimum absolute atomic E-state index is 0.0494. The van der Waals surface area contributed by atoms with Gasteiger partial charge < -0.3 is 15.4 Å². The molecule has 2 aromatic rings. The molecule has 1 amide bonds. The fraction of sp³-hybridized carbons (Fsp3) is 0.0769. The van der Waals surface area contributed by atoms with Crippen molar-refractivity contribution >= 4 is 29.2 Å². The van der Waals surface area contributed by atoms with Crippen molar-refractivity contribution in [3.8, 4) is 0 Å². The van der Waals surface area contributed by atoms with Crippen LogP contribution in [-0.2, 0) is 0 Å². The summed E-state index contributed by atoms with van der Waals surface area (Å²) < 4.78 is 13.6. The number of halogens is 2. The van der Waals surface area contributed by atoms with Crippen LogP contribution in [0.1, 0.15) is 26.5 Å². The summed E-state index contributed by atoms with van der Waals surface area (Å²) in [5.74, 6) is -2.82. The molecule has 0 atom stereocenters. The molecule has 20 heavy (non-hydrogen) atoms. The van der Waals surface area contributed by atoms with Gasteiger partial charge in [0, 0.05) is 5.69 Å². The van der Waals surface area contributed by atoms with E-state index in [-0.39, 0.29) is 22.0 Å². The molecule has 0 radical (unpaired) electrons. The van der Waals surface area contributed by atoms with E-state index in [1.807, 2.05) is 0 Å². The Morgan fingerprint density at radius 2 is 2.10 bits per heavy atom. The molecule has 0 aliphatic heterocycles. The molecule has 0 aliphatic carbocycles. The topological polar surface area (TPSA) is 82.2 Å². The minimum Gasteiger partial charge on any atom is -0.477 e. The molecule has 1 heterocycles. The third kappa shape index (κ3) is 2.65. The molecule has 0 saturated heterocycles. The molecule has 3 N–H and O–H groups in total. The van der Waals surface area contributed by atoms with Crippen molar-refractivity contribution in [1.29, 1.82) is 0 Å². The zero-order chi connectivity index (χ0) is 14.9. The first-order valence-electron chi connectivity index (χ1n) is 5.58. The van der Waals surface area contributed by atoms with Gasteiger partial charge in [-0.05, 0) is 25.1 Å². The molecule has 0 spiro atoms. The highest BCUT2D eigenvalue weighted by Gasteiger charge is 2.20. The van der Waals surface area contributed by atoms with Crippen LogP contribution >= 0.6 is 11.6 Å². The summed E-state index contributed by atoms with van der Waals surface area (Å²) >= 11 is 5.77. The summed E-state index contributed by atoms with van der Waals surface area (Å²) in [5.41, 5.74) is 0.101. The number of carboxylic acid groups (broad SMARTS) is 1. The second-order valence-electron chi connectivity index (χ2n) is 4.10. The highest BCUT2D eigenvalue weighted by molar-refractivity contribution is 6.34. The standard InChI is InChI=1S/C13H10ClFN2O3/c1-6-5-9(11(16-6)13(19)20)17-12(18)10-7(14)3-2-4-8(10)15/h2-5,16H,1H3,(H,17,18)(H,19,20). The highest BCUT2D eigenvalue weighted by atomic mass is 35.5. The lowest BCUT2D eigenvalue weighted by molar-refractivity contribution is 0.0692. The number of amides is 1. The van der Waals surface area contributed by atoms with Gasteiger partial charge in [0.2, 0.25) is 0 Å². The molecule has 104 valence electrons. The Labute approximate surface area is 118 Å². The van der Waals surface area contributed by atoms with Crippen molar-refractivity contribution < 1.29 is 19.1 Å². The molecule has 0 unspecified atom stereocenters. The lowest BCUT2D eigenvalue weighted by Crippen LogP contribution is -2.16. The quantitative estimate of drug-likeness (QED) is 0.814. The fourth-order valence-corrected chi connectivity index (χ4v) is 2.00. The minimum atomic E-state index is -1.23. The first-order chi connectivity index (χ1) is 9.40. The first-order valence-corrected chi connectivity index (χ1v) is 5.96. The van der Waals surface area contributed by atoms with Crippen molar-refractivity contribution in [3.63, 3.8) is 0 Å². The van der Waals surface area contributed by atoms with Crippen LogP contribution in [0.15, 0.2) is 24.3 Å². The SMILES string of the molecule is Cc1cc(NC(=O)c2c(F)cccc2Cl)c(C(=O)O)[nH]1. The van der Waals surface area contributed by atoms with E-state index < -0.39 is 17.7 Å². The van der Waals surface area contributed by atoms with Gasteiger partial charge in [-0.15, -0.1) is 0 Å². The number of nitrogens with one attached hydrogen (secondary N) is 2. The number of aromatic nitrogens is 1. The Morgan fingerprint density at radius 1 is 1.40 bits per heavy atom. The number of anilines is 1. The van der Waals surface area contributed by atoms with Crippen molar-refractivity contribution in [1.82, 2.24) is 4.98 Å². The monoisotopic (exact) mass is 296 g/mol. The van der Waals surface area contributed by atoms with Crippen LogP contribution in [0.4, 0.5) is 10.1 Å². The van der Waals surface area contributed by atoms with Crippen LogP contribution in [-0.4, -0.2) is 22.0 Å². The average Bonchev–Trinajstić information content (AvgIpc) is 2.70. The maximum Gasteiger partial charge on any atom is 0.354 e. The van der Waals surface area contributed by atoms with Gasteiger partial charge in [0.1, 0.15) is 11.5 Å². The number of benzene rings is 1. The van der Waals surface area contributed by atoms with E-state index in [0.29, 0.717) is 5.69 Å². The smallest absolute Gasteiger partial charge is 0.354 e. The van der Waals surface area contributed by atoms with Crippen LogP contribution in [0.2, 0.25) is 5.02 Å². The Morgan fingerprint density at radius 3 is 2.70 bits per heavy atom. The molecule has 0 aliphatic rings. The van der Waals surface area contributed by atoms with Crippen molar-refractivity contribution in [2.75, 3.05) is 5.32 Å². The largest absolute Gasteiger partial charge is 0.477 e. The van der Waals surface area contributed by atoms with Gasteiger partial charge in [-0.1, -0.05) is 17.7 Å². The van der Waals surface area contributed by atoms with E-state index in [4.69, 9.17) is 16.7 Å². The Kier molecular flexibility index (Phi) is 3.76. The number of aromatic carboxylic acids is 1. The number of carboxylic acids is 1. The van der Waals surface area contributed by atoms with Crippen LogP contribution in [0, 0.1) is 12.7 Å². The van der Waals surface area contributed by atoms with E-state index >= 15 is 0 Å². The molecule has 0 fully saturated rings. The zero-order valence-electron chi connectivity index (χ0n) is 10.3. The fourth-order valence-electron chi connectivity index (χ4n) is 1.76. The van der Waals surface area contributed by atoms with Crippen LogP contribution in [0.5, 0.6) is 0 Å². The Hall–Kier alpha value is -2.34. The maximum absolute atomic E-state index is 13.6. The van der Waals surface area contributed by atoms with Crippen molar-refractivity contribution in [3.05, 3.63) is 52.1 Å². The lowest BCUT2D eigenvalue weighted by Gasteiger charge is -2.07. The number of carbonyl (C=O) groups is 2. The molecule has 1 aromatic heterocycles. The number of H-pyrrole nitrogens is 1. The third-order valence-electron chi connectivity index (χ3n) is 2.60. The van der Waals surface area contributed by atoms with E-state index in [1.54, 1.807) is 6.92 Å². The third-order valence-corrected chi connectivity index (χ3v) is 2.92. The average molecular weight is 297 g/mol. The predicted octanol–water partition coefficient (Wildman–Crippen LogP) is 3.07. The number of aromatic amines is 1. The summed E-state index contributed by atoms with van der Waals surface area (Å²) in [5, 5.41) is 11.3. The summed E-state index contributed by atoms with van der Waals surface area (Å²) in [6.45, 7) is 1.64. The Balaban J connectivity index is 2.35. The van der Waals surface area contributed by atoms with Crippen LogP contribution in [0.3, 0.4) is 0 Å². The summed E-state index contributed by atoms with van der Waals surface area (Å²) in [4.78, 5) is 25.6. The predicted molar refractivity (Wildman–Crippen MR) is 71.9 cm³/mol. The molecule has 0 saturated carbocycles. The molecule has 1 aromatic carbocycles. The van der Waals surface area contributed by atoms with E-state index in [9.17, 15) is 14.0 Å². The van der Waals surface area contributed by atoms with E-state index in [2.05, 4.69) is 10.3 Å². The van der Waals surface area contributed by atoms with Gasteiger partial charge in [0.25, 0.3) is 5.91 Å². The molecule has 7 heteroatoms. The number of aryl methyl sites for hydroxylation is 1.